The van der Waals surface area contributed by atoms with E-state index in [-0.39, 0.29) is 22.4 Å². The van der Waals surface area contributed by atoms with Gasteiger partial charge in [-0.15, -0.1) is 0 Å². The second kappa shape index (κ2) is 10.6. The Hall–Kier alpha value is -3.88. The number of Topliss-reactive ketones (excluding diaryl/α,β-unsaturated/α-hetero) is 1. The molecule has 3 aromatic carbocycles. The van der Waals surface area contributed by atoms with Crippen molar-refractivity contribution in [1.29, 1.82) is 0 Å². The van der Waals surface area contributed by atoms with E-state index in [9.17, 15) is 14.7 Å². The molecule has 1 aliphatic heterocycles. The summed E-state index contributed by atoms with van der Waals surface area (Å²) < 4.78 is 11.0. The lowest BCUT2D eigenvalue weighted by Crippen LogP contribution is -2.45. The van der Waals surface area contributed by atoms with Crippen LogP contribution < -0.4 is 20.1 Å². The van der Waals surface area contributed by atoms with Gasteiger partial charge < -0.3 is 25.2 Å². The molecule has 3 N–H and O–H groups in total. The number of carbonyl (C=O) groups is 2. The number of nitrogens with one attached hydrogen (secondary N) is 2. The van der Waals surface area contributed by atoms with E-state index in [1.807, 2.05) is 36.4 Å². The number of carbonyl (C=O) groups excluding carboxylic acids is 1. The summed E-state index contributed by atoms with van der Waals surface area (Å²) in [5, 5.41) is 16.1. The van der Waals surface area contributed by atoms with Crippen molar-refractivity contribution >= 4 is 46.4 Å². The van der Waals surface area contributed by atoms with Crippen LogP contribution in [0.1, 0.15) is 27.5 Å². The van der Waals surface area contributed by atoms with Crippen LogP contribution >= 0.6 is 23.8 Å². The monoisotopic (exact) mass is 508 g/mol. The minimum Gasteiger partial charge on any atom is -0.493 e. The Bertz CT molecular complexity index is 1310. The fourth-order valence-corrected chi connectivity index (χ4v) is 4.30. The van der Waals surface area contributed by atoms with Gasteiger partial charge >= 0.3 is 5.97 Å². The number of hydrogen-bond donors (Lipinski definition) is 3. The molecule has 7 nitrogen and oxygen atoms in total. The van der Waals surface area contributed by atoms with Crippen LogP contribution in [0.15, 0.2) is 78.4 Å². The molecule has 0 amide bonds. The summed E-state index contributed by atoms with van der Waals surface area (Å²) in [4.78, 5) is 25.2. The largest absolute Gasteiger partial charge is 0.493 e. The molecule has 0 fully saturated rings. The summed E-state index contributed by atoms with van der Waals surface area (Å²) in [6, 6.07) is 20.5. The van der Waals surface area contributed by atoms with Crippen molar-refractivity contribution in [2.24, 2.45) is 0 Å². The van der Waals surface area contributed by atoms with Crippen LogP contribution in [0, 0.1) is 0 Å². The number of aliphatic carboxylic acids is 1. The Kier molecular flexibility index (Phi) is 7.33. The third kappa shape index (κ3) is 5.29. The van der Waals surface area contributed by atoms with Crippen molar-refractivity contribution in [2.45, 2.75) is 6.04 Å². The van der Waals surface area contributed by atoms with E-state index in [0.29, 0.717) is 27.4 Å². The van der Waals surface area contributed by atoms with E-state index in [0.717, 1.165) is 5.56 Å². The zero-order valence-electron chi connectivity index (χ0n) is 18.6. The van der Waals surface area contributed by atoms with Gasteiger partial charge in [-0.1, -0.05) is 72.3 Å². The molecule has 0 unspecified atom stereocenters. The van der Waals surface area contributed by atoms with Crippen LogP contribution in [0.5, 0.6) is 11.5 Å². The first-order chi connectivity index (χ1) is 16.9. The topological polar surface area (TPSA) is 96.9 Å². The minimum absolute atomic E-state index is 0.146. The van der Waals surface area contributed by atoms with Crippen LogP contribution in [0.4, 0.5) is 0 Å². The van der Waals surface area contributed by atoms with Crippen molar-refractivity contribution in [3.8, 4) is 11.5 Å². The molecular formula is C26H21ClN2O5S. The molecule has 0 radical (unpaired) electrons. The van der Waals surface area contributed by atoms with Gasteiger partial charge in [0.1, 0.15) is 0 Å². The van der Waals surface area contributed by atoms with Crippen molar-refractivity contribution in [3.05, 3.63) is 100 Å². The number of methoxy groups -OCH3 is 1. The van der Waals surface area contributed by atoms with Crippen molar-refractivity contribution in [2.75, 3.05) is 13.7 Å². The van der Waals surface area contributed by atoms with Crippen LogP contribution in [0.2, 0.25) is 5.02 Å². The molecule has 4 rings (SSSR count). The number of ketones is 1. The van der Waals surface area contributed by atoms with Gasteiger partial charge in [0.05, 0.1) is 24.4 Å². The normalized spacial score (nSPS) is 15.1. The first kappa shape index (κ1) is 24.3. The van der Waals surface area contributed by atoms with Crippen LogP contribution in [0.3, 0.4) is 0 Å². The highest BCUT2D eigenvalue weighted by molar-refractivity contribution is 7.80. The number of carboxylic acid groups (broad SMARTS) is 1. The number of hydrogen-bond acceptors (Lipinski definition) is 5. The minimum atomic E-state index is -1.16. The standard InChI is InChI=1S/C26H21ClN2O5S/c1-33-19-13-17(27)12-18(25(19)34-14-20(30)31)23-21(24(32)16-10-6-3-7-11-16)22(28-26(35)29-23)15-8-4-2-5-9-15/h2-13,23H,14H2,1H3,(H,30,31)(H2,28,29,35)/t23-/m1/s1. The Balaban J connectivity index is 1.98. The van der Waals surface area contributed by atoms with Crippen LogP contribution in [0.25, 0.3) is 5.70 Å². The predicted molar refractivity (Wildman–Crippen MR) is 137 cm³/mol. The quantitative estimate of drug-likeness (QED) is 0.299. The van der Waals surface area contributed by atoms with Crippen molar-refractivity contribution < 1.29 is 24.2 Å². The Morgan fingerprint density at radius 1 is 1.06 bits per heavy atom. The number of halogens is 1. The summed E-state index contributed by atoms with van der Waals surface area (Å²) in [6.07, 6.45) is 0. The molecule has 0 spiro atoms. The predicted octanol–water partition coefficient (Wildman–Crippen LogP) is 4.63. The third-order valence-electron chi connectivity index (χ3n) is 5.33. The fraction of sp³-hybridized carbons (Fsp3) is 0.115. The number of carboxylic acids is 1. The number of rotatable bonds is 8. The van der Waals surface area contributed by atoms with E-state index in [1.54, 1.807) is 30.3 Å². The summed E-state index contributed by atoms with van der Waals surface area (Å²) in [6.45, 7) is -0.613. The van der Waals surface area contributed by atoms with Crippen LogP contribution in [-0.4, -0.2) is 35.7 Å². The maximum atomic E-state index is 13.9. The smallest absolute Gasteiger partial charge is 0.341 e. The molecular weight excluding hydrogens is 488 g/mol. The van der Waals surface area contributed by atoms with E-state index in [2.05, 4.69) is 10.6 Å². The molecule has 35 heavy (non-hydrogen) atoms. The summed E-state index contributed by atoms with van der Waals surface area (Å²) in [5.41, 5.74) is 2.52. The zero-order valence-corrected chi connectivity index (χ0v) is 20.2. The van der Waals surface area contributed by atoms with E-state index >= 15 is 0 Å². The third-order valence-corrected chi connectivity index (χ3v) is 5.77. The highest BCUT2D eigenvalue weighted by Gasteiger charge is 2.35. The van der Waals surface area contributed by atoms with Gasteiger partial charge in [-0.05, 0) is 23.8 Å². The van der Waals surface area contributed by atoms with E-state index in [4.69, 9.17) is 33.3 Å². The molecule has 0 saturated carbocycles. The van der Waals surface area contributed by atoms with Gasteiger partial charge in [0.2, 0.25) is 0 Å². The molecule has 0 saturated heterocycles. The van der Waals surface area contributed by atoms with Gasteiger partial charge in [0, 0.05) is 22.2 Å². The summed E-state index contributed by atoms with van der Waals surface area (Å²) in [5.74, 6) is -1.04. The van der Waals surface area contributed by atoms with Gasteiger partial charge in [-0.3, -0.25) is 4.79 Å². The molecule has 1 atom stereocenters. The lowest BCUT2D eigenvalue weighted by molar-refractivity contribution is -0.139. The zero-order chi connectivity index (χ0) is 24.9. The van der Waals surface area contributed by atoms with Gasteiger partial charge in [-0.25, -0.2) is 4.79 Å². The van der Waals surface area contributed by atoms with E-state index in [1.165, 1.54) is 13.2 Å². The Labute approximate surface area is 212 Å². The fourth-order valence-electron chi connectivity index (χ4n) is 3.86. The van der Waals surface area contributed by atoms with Gasteiger partial charge in [0.25, 0.3) is 0 Å². The molecule has 1 heterocycles. The lowest BCUT2D eigenvalue weighted by Gasteiger charge is -2.33. The maximum Gasteiger partial charge on any atom is 0.341 e. The highest BCUT2D eigenvalue weighted by Crippen LogP contribution is 2.43. The maximum absolute atomic E-state index is 13.9. The molecule has 0 bridgehead atoms. The second-order valence-electron chi connectivity index (χ2n) is 7.59. The SMILES string of the molecule is COc1cc(Cl)cc([C@H]2NC(=S)NC(c3ccccc3)=C2C(=O)c2ccccc2)c1OCC(=O)O. The highest BCUT2D eigenvalue weighted by atomic mass is 35.5. The van der Waals surface area contributed by atoms with Gasteiger partial charge in [-0.2, -0.15) is 0 Å². The number of thiocarbonyl (C=S) groups is 1. The average Bonchev–Trinajstić information content (AvgIpc) is 2.87. The summed E-state index contributed by atoms with van der Waals surface area (Å²) in [7, 11) is 1.42. The Morgan fingerprint density at radius 2 is 1.71 bits per heavy atom. The molecule has 0 aliphatic carbocycles. The number of ether oxygens (including phenoxy) is 2. The number of benzene rings is 3. The second-order valence-corrected chi connectivity index (χ2v) is 8.43. The molecule has 1 aliphatic rings. The lowest BCUT2D eigenvalue weighted by atomic mass is 9.87. The first-order valence-corrected chi connectivity index (χ1v) is 11.4. The summed E-state index contributed by atoms with van der Waals surface area (Å²) >= 11 is 11.9. The average molecular weight is 509 g/mol. The Morgan fingerprint density at radius 3 is 2.34 bits per heavy atom. The molecule has 0 aromatic heterocycles. The molecule has 3 aromatic rings. The van der Waals surface area contributed by atoms with E-state index < -0.39 is 18.6 Å². The van der Waals surface area contributed by atoms with Gasteiger partial charge in [0.15, 0.2) is 29.0 Å². The van der Waals surface area contributed by atoms with Crippen molar-refractivity contribution in [1.82, 2.24) is 10.6 Å². The first-order valence-electron chi connectivity index (χ1n) is 10.6. The molecule has 178 valence electrons. The van der Waals surface area contributed by atoms with Crippen LogP contribution in [-0.2, 0) is 4.79 Å². The van der Waals surface area contributed by atoms with Crippen molar-refractivity contribution in [3.63, 3.8) is 0 Å². The molecule has 9 heteroatoms.